The van der Waals surface area contributed by atoms with Gasteiger partial charge in [-0.05, 0) is 132 Å². The largest absolute Gasteiger partial charge is 0.310 e. The number of anilines is 3. The maximum Gasteiger partial charge on any atom is 0.0467 e. The number of rotatable bonds is 6. The van der Waals surface area contributed by atoms with Gasteiger partial charge in [-0.25, -0.2) is 0 Å². The van der Waals surface area contributed by atoms with E-state index in [1.807, 2.05) is 0 Å². The van der Waals surface area contributed by atoms with Crippen molar-refractivity contribution in [1.82, 2.24) is 0 Å². The molecule has 9 aromatic carbocycles. The van der Waals surface area contributed by atoms with Crippen molar-refractivity contribution in [2.45, 2.75) is 12.8 Å². The molecule has 0 amide bonds. The molecule has 9 aromatic rings. The highest BCUT2D eigenvalue weighted by atomic mass is 15.1. The lowest BCUT2D eigenvalue weighted by molar-refractivity contribution is 0.990. The Bertz CT molecular complexity index is 2800. The first-order valence-corrected chi connectivity index (χ1v) is 18.6. The molecule has 0 atom stereocenters. The number of allylic oxidation sites excluding steroid dienone is 1. The third-order valence-corrected chi connectivity index (χ3v) is 10.9. The average molecular weight is 676 g/mol. The molecule has 0 aliphatic heterocycles. The van der Waals surface area contributed by atoms with Crippen LogP contribution in [0.5, 0.6) is 0 Å². The molecule has 1 heteroatoms. The second-order valence-corrected chi connectivity index (χ2v) is 14.1. The van der Waals surface area contributed by atoms with Crippen LogP contribution in [-0.2, 0) is 6.42 Å². The molecule has 10 rings (SSSR count). The van der Waals surface area contributed by atoms with Gasteiger partial charge in [0.05, 0.1) is 0 Å². The van der Waals surface area contributed by atoms with Crippen molar-refractivity contribution in [3.8, 4) is 33.4 Å². The summed E-state index contributed by atoms with van der Waals surface area (Å²) >= 11 is 0. The van der Waals surface area contributed by atoms with Crippen LogP contribution in [0, 0.1) is 0 Å². The van der Waals surface area contributed by atoms with Crippen LogP contribution in [-0.4, -0.2) is 0 Å². The lowest BCUT2D eigenvalue weighted by atomic mass is 9.88. The van der Waals surface area contributed by atoms with E-state index in [9.17, 15) is 0 Å². The second-order valence-electron chi connectivity index (χ2n) is 14.1. The third kappa shape index (κ3) is 5.68. The number of aryl methyl sites for hydroxylation is 1. The summed E-state index contributed by atoms with van der Waals surface area (Å²) < 4.78 is 0. The lowest BCUT2D eigenvalue weighted by Gasteiger charge is -2.26. The second kappa shape index (κ2) is 13.1. The van der Waals surface area contributed by atoms with Gasteiger partial charge in [-0.3, -0.25) is 0 Å². The first-order chi connectivity index (χ1) is 26.3. The van der Waals surface area contributed by atoms with Crippen LogP contribution in [0.15, 0.2) is 194 Å². The Morgan fingerprint density at radius 1 is 0.377 bits per heavy atom. The van der Waals surface area contributed by atoms with E-state index >= 15 is 0 Å². The summed E-state index contributed by atoms with van der Waals surface area (Å²) in [5.74, 6) is 0. The Morgan fingerprint density at radius 2 is 0.981 bits per heavy atom. The molecule has 0 saturated carbocycles. The molecule has 0 heterocycles. The fraction of sp³-hybridized carbons (Fsp3) is 0.0385. The van der Waals surface area contributed by atoms with Crippen LogP contribution in [0.2, 0.25) is 0 Å². The van der Waals surface area contributed by atoms with E-state index < -0.39 is 0 Å². The Hall–Kier alpha value is -6.70. The minimum absolute atomic E-state index is 1.11. The van der Waals surface area contributed by atoms with E-state index in [0.717, 1.165) is 29.9 Å². The quantitative estimate of drug-likeness (QED) is 0.159. The van der Waals surface area contributed by atoms with Gasteiger partial charge in [-0.2, -0.15) is 0 Å². The third-order valence-electron chi connectivity index (χ3n) is 10.9. The Morgan fingerprint density at radius 3 is 1.83 bits per heavy atom. The fourth-order valence-electron chi connectivity index (χ4n) is 8.22. The number of benzene rings is 9. The van der Waals surface area contributed by atoms with Gasteiger partial charge in [0.2, 0.25) is 0 Å². The van der Waals surface area contributed by atoms with E-state index in [4.69, 9.17) is 0 Å². The standard InChI is InChI=1S/C52H37N/c1-2-10-36(11-3-1)43-15-8-16-47(34-43)53(46-32-28-40(29-33-46)49-19-9-14-38-12-4-6-17-48(38)49)45-30-26-37(27-31-45)44-25-22-41-21-24-42-23-20-39-13-5-7-18-50(39)52(42)51(41)35-44/h1-4,6-12,14-35H,5,13H2. The highest BCUT2D eigenvalue weighted by Crippen LogP contribution is 2.40. The number of nitrogens with zero attached hydrogens (tertiary/aromatic N) is 1. The van der Waals surface area contributed by atoms with Gasteiger partial charge in [0, 0.05) is 17.1 Å². The van der Waals surface area contributed by atoms with Crippen LogP contribution in [0.25, 0.3) is 71.8 Å². The molecule has 1 nitrogen and oxygen atoms in total. The summed E-state index contributed by atoms with van der Waals surface area (Å²) in [5, 5.41) is 7.79. The van der Waals surface area contributed by atoms with Crippen molar-refractivity contribution in [2.75, 3.05) is 4.90 Å². The van der Waals surface area contributed by atoms with Crippen LogP contribution in [0.4, 0.5) is 17.1 Å². The van der Waals surface area contributed by atoms with Gasteiger partial charge in [0.15, 0.2) is 0 Å². The molecule has 0 spiro atoms. The van der Waals surface area contributed by atoms with Crippen molar-refractivity contribution < 1.29 is 0 Å². The molecule has 0 fully saturated rings. The van der Waals surface area contributed by atoms with Gasteiger partial charge >= 0.3 is 0 Å². The van der Waals surface area contributed by atoms with E-state index in [0.29, 0.717) is 0 Å². The van der Waals surface area contributed by atoms with Gasteiger partial charge in [0.25, 0.3) is 0 Å². The monoisotopic (exact) mass is 675 g/mol. The van der Waals surface area contributed by atoms with Gasteiger partial charge in [0.1, 0.15) is 0 Å². The molecule has 0 unspecified atom stereocenters. The molecule has 53 heavy (non-hydrogen) atoms. The number of hydrogen-bond acceptors (Lipinski definition) is 1. The molecular formula is C52H37N. The molecule has 0 aromatic heterocycles. The van der Waals surface area contributed by atoms with Crippen LogP contribution in [0.1, 0.15) is 17.5 Å². The Balaban J connectivity index is 1.06. The van der Waals surface area contributed by atoms with Crippen molar-refractivity contribution in [2.24, 2.45) is 0 Å². The smallest absolute Gasteiger partial charge is 0.0467 e. The normalized spacial score (nSPS) is 12.3. The molecule has 0 radical (unpaired) electrons. The molecule has 1 aliphatic carbocycles. The Kier molecular flexibility index (Phi) is 7.69. The summed E-state index contributed by atoms with van der Waals surface area (Å²) in [6, 6.07) is 68.8. The van der Waals surface area contributed by atoms with Gasteiger partial charge < -0.3 is 4.90 Å². The topological polar surface area (TPSA) is 3.24 Å². The maximum absolute atomic E-state index is 2.39. The number of fused-ring (bicyclic) bond motifs is 6. The van der Waals surface area contributed by atoms with Crippen molar-refractivity contribution in [3.05, 3.63) is 205 Å². The maximum atomic E-state index is 2.39. The number of hydrogen-bond donors (Lipinski definition) is 0. The predicted octanol–water partition coefficient (Wildman–Crippen LogP) is 14.6. The molecule has 0 saturated heterocycles. The lowest BCUT2D eigenvalue weighted by Crippen LogP contribution is -2.10. The van der Waals surface area contributed by atoms with E-state index in [1.165, 1.54) is 76.8 Å². The first-order valence-electron chi connectivity index (χ1n) is 18.6. The van der Waals surface area contributed by atoms with Crippen molar-refractivity contribution >= 4 is 55.5 Å². The molecule has 0 N–H and O–H groups in total. The molecular weight excluding hydrogens is 639 g/mol. The zero-order valence-electron chi connectivity index (χ0n) is 29.4. The summed E-state index contributed by atoms with van der Waals surface area (Å²) in [5.41, 5.74) is 13.5. The van der Waals surface area contributed by atoms with Crippen LogP contribution >= 0.6 is 0 Å². The fourth-order valence-corrected chi connectivity index (χ4v) is 8.22. The zero-order valence-corrected chi connectivity index (χ0v) is 29.4. The van der Waals surface area contributed by atoms with Crippen molar-refractivity contribution in [1.29, 1.82) is 0 Å². The van der Waals surface area contributed by atoms with Crippen LogP contribution in [0.3, 0.4) is 0 Å². The molecule has 1 aliphatic rings. The summed E-state index contributed by atoms with van der Waals surface area (Å²) in [6.07, 6.45) is 6.87. The van der Waals surface area contributed by atoms with E-state index in [1.54, 1.807) is 0 Å². The molecule has 250 valence electrons. The van der Waals surface area contributed by atoms with Crippen LogP contribution < -0.4 is 4.90 Å². The highest BCUT2D eigenvalue weighted by molar-refractivity contribution is 6.13. The van der Waals surface area contributed by atoms with E-state index in [2.05, 4.69) is 205 Å². The predicted molar refractivity (Wildman–Crippen MR) is 227 cm³/mol. The van der Waals surface area contributed by atoms with Crippen molar-refractivity contribution in [3.63, 3.8) is 0 Å². The Labute approximate surface area is 310 Å². The first kappa shape index (κ1) is 31.1. The zero-order chi connectivity index (χ0) is 35.1. The van der Waals surface area contributed by atoms with E-state index in [-0.39, 0.29) is 0 Å². The minimum atomic E-state index is 1.11. The summed E-state index contributed by atoms with van der Waals surface area (Å²) in [6.45, 7) is 0. The summed E-state index contributed by atoms with van der Waals surface area (Å²) in [4.78, 5) is 2.37. The summed E-state index contributed by atoms with van der Waals surface area (Å²) in [7, 11) is 0. The SMILES string of the molecule is C1=Cc2c(ccc3ccc4ccc(-c5ccc(N(c6ccc(-c7cccc8ccccc78)cc6)c6cccc(-c7ccccc7)c6)cc5)cc4c23)CC1. The molecule has 0 bridgehead atoms. The van der Waals surface area contributed by atoms with Gasteiger partial charge in [-0.1, -0.05) is 158 Å². The van der Waals surface area contributed by atoms with Gasteiger partial charge in [-0.15, -0.1) is 0 Å². The average Bonchev–Trinajstić information content (AvgIpc) is 3.24. The minimum Gasteiger partial charge on any atom is -0.310 e. The highest BCUT2D eigenvalue weighted by Gasteiger charge is 2.16.